The lowest BCUT2D eigenvalue weighted by Crippen LogP contribution is -2.26. The molecule has 0 bridgehead atoms. The van der Waals surface area contributed by atoms with Gasteiger partial charge in [-0.2, -0.15) is 9.61 Å². The molecule has 126 valence electrons. The van der Waals surface area contributed by atoms with Crippen LogP contribution in [0.1, 0.15) is 12.6 Å². The van der Waals surface area contributed by atoms with Crippen molar-refractivity contribution in [2.75, 3.05) is 19.4 Å². The van der Waals surface area contributed by atoms with Crippen LogP contribution in [0.4, 0.5) is 10.8 Å². The summed E-state index contributed by atoms with van der Waals surface area (Å²) in [5.41, 5.74) is 1.23. The quantitative estimate of drug-likeness (QED) is 0.731. The van der Waals surface area contributed by atoms with E-state index >= 15 is 0 Å². The van der Waals surface area contributed by atoms with Gasteiger partial charge in [-0.1, -0.05) is 18.3 Å². The monoisotopic (exact) mass is 347 g/mol. The Balaban J connectivity index is 1.80. The van der Waals surface area contributed by atoms with Crippen molar-refractivity contribution in [2.24, 2.45) is 0 Å². The molecule has 1 N–H and O–H groups in total. The van der Waals surface area contributed by atoms with Crippen LogP contribution in [-0.2, 0) is 17.8 Å². The van der Waals surface area contributed by atoms with Crippen molar-refractivity contribution in [1.82, 2.24) is 29.3 Å². The third-order valence-corrected chi connectivity index (χ3v) is 4.16. The minimum absolute atomic E-state index is 0.0486. The summed E-state index contributed by atoms with van der Waals surface area (Å²) in [5, 5.41) is 12.0. The van der Waals surface area contributed by atoms with Gasteiger partial charge in [0.2, 0.25) is 16.0 Å². The predicted octanol–water partition coefficient (Wildman–Crippen LogP) is 0.742. The number of likely N-dealkylation sites (N-methyl/N-ethyl adjacent to an activating group) is 1. The Morgan fingerprint density at radius 1 is 1.42 bits per heavy atom. The Morgan fingerprint density at radius 3 is 2.92 bits per heavy atom. The van der Waals surface area contributed by atoms with E-state index in [1.807, 2.05) is 6.92 Å². The molecule has 24 heavy (non-hydrogen) atoms. The van der Waals surface area contributed by atoms with Gasteiger partial charge in [0.15, 0.2) is 0 Å². The Morgan fingerprint density at radius 2 is 2.21 bits per heavy atom. The lowest BCUT2D eigenvalue weighted by molar-refractivity contribution is -0.129. The molecule has 10 heteroatoms. The molecule has 0 radical (unpaired) electrons. The zero-order valence-corrected chi connectivity index (χ0v) is 14.4. The van der Waals surface area contributed by atoms with Crippen molar-refractivity contribution >= 4 is 33.0 Å². The molecule has 0 aliphatic carbocycles. The summed E-state index contributed by atoms with van der Waals surface area (Å²) in [6.45, 7) is 2.11. The third kappa shape index (κ3) is 3.27. The highest BCUT2D eigenvalue weighted by molar-refractivity contribution is 7.20. The lowest BCUT2D eigenvalue weighted by atomic mass is 10.3. The molecule has 0 aromatic carbocycles. The summed E-state index contributed by atoms with van der Waals surface area (Å²) in [6.07, 6.45) is 4.00. The van der Waals surface area contributed by atoms with Crippen LogP contribution in [0.15, 0.2) is 23.3 Å². The van der Waals surface area contributed by atoms with Crippen molar-refractivity contribution in [3.63, 3.8) is 0 Å². The standard InChI is InChI=1S/C14H17N7O2S/c1-4-9-5-11(22)21-14(17-9)24-13(18-21)16-10-6-15-20(7-10)8-12(23)19(2)3/h5-7H,4,8H2,1-3H3,(H,16,18). The number of nitrogens with one attached hydrogen (secondary N) is 1. The number of carbonyl (C=O) groups is 1. The summed E-state index contributed by atoms with van der Waals surface area (Å²) < 4.78 is 2.81. The van der Waals surface area contributed by atoms with Crippen LogP contribution >= 0.6 is 11.3 Å². The fourth-order valence-corrected chi connectivity index (χ4v) is 2.85. The number of rotatable bonds is 5. The van der Waals surface area contributed by atoms with Crippen LogP contribution in [0.25, 0.3) is 4.96 Å². The Labute approximate surface area is 141 Å². The van der Waals surface area contributed by atoms with E-state index < -0.39 is 0 Å². The number of hydrogen-bond donors (Lipinski definition) is 1. The predicted molar refractivity (Wildman–Crippen MR) is 90.7 cm³/mol. The highest BCUT2D eigenvalue weighted by Crippen LogP contribution is 2.21. The molecule has 0 saturated heterocycles. The van der Waals surface area contributed by atoms with Gasteiger partial charge in [-0.15, -0.1) is 5.10 Å². The first-order valence-corrected chi connectivity index (χ1v) is 8.17. The van der Waals surface area contributed by atoms with Crippen molar-refractivity contribution in [1.29, 1.82) is 0 Å². The third-order valence-electron chi connectivity index (χ3n) is 3.34. The second kappa shape index (κ2) is 6.40. The smallest absolute Gasteiger partial charge is 0.275 e. The van der Waals surface area contributed by atoms with Crippen LogP contribution in [0.3, 0.4) is 0 Å². The number of aryl methyl sites for hydroxylation is 1. The second-order valence-corrected chi connectivity index (χ2v) is 6.34. The molecule has 3 rings (SSSR count). The van der Waals surface area contributed by atoms with Crippen molar-refractivity contribution in [2.45, 2.75) is 19.9 Å². The molecule has 0 saturated carbocycles. The maximum absolute atomic E-state index is 12.0. The number of nitrogens with zero attached hydrogens (tertiary/aromatic N) is 6. The van der Waals surface area contributed by atoms with Gasteiger partial charge in [-0.05, 0) is 6.42 Å². The van der Waals surface area contributed by atoms with Gasteiger partial charge in [0, 0.05) is 32.1 Å². The van der Waals surface area contributed by atoms with Crippen LogP contribution in [0, 0.1) is 0 Å². The zero-order valence-electron chi connectivity index (χ0n) is 13.6. The highest BCUT2D eigenvalue weighted by atomic mass is 32.1. The Bertz CT molecular complexity index is 940. The first kappa shape index (κ1) is 16.1. The van der Waals surface area contributed by atoms with E-state index in [0.29, 0.717) is 22.2 Å². The summed E-state index contributed by atoms with van der Waals surface area (Å²) >= 11 is 1.28. The van der Waals surface area contributed by atoms with Crippen LogP contribution in [0.2, 0.25) is 0 Å². The normalized spacial score (nSPS) is 11.0. The van der Waals surface area contributed by atoms with E-state index in [1.165, 1.54) is 31.5 Å². The van der Waals surface area contributed by atoms with E-state index in [4.69, 9.17) is 0 Å². The van der Waals surface area contributed by atoms with E-state index in [2.05, 4.69) is 20.5 Å². The molecule has 0 aliphatic heterocycles. The van der Waals surface area contributed by atoms with Gasteiger partial charge in [0.1, 0.15) is 6.54 Å². The van der Waals surface area contributed by atoms with E-state index in [-0.39, 0.29) is 18.0 Å². The largest absolute Gasteiger partial charge is 0.347 e. The van der Waals surface area contributed by atoms with Gasteiger partial charge in [0.25, 0.3) is 5.56 Å². The highest BCUT2D eigenvalue weighted by Gasteiger charge is 2.10. The first-order chi connectivity index (χ1) is 11.5. The van der Waals surface area contributed by atoms with Gasteiger partial charge in [-0.25, -0.2) is 4.98 Å². The molecule has 1 amide bonds. The molecule has 3 aromatic rings. The summed E-state index contributed by atoms with van der Waals surface area (Å²) in [5.74, 6) is -0.0486. The summed E-state index contributed by atoms with van der Waals surface area (Å²) in [6, 6.07) is 1.49. The molecule has 0 aliphatic rings. The average molecular weight is 347 g/mol. The average Bonchev–Trinajstić information content (AvgIpc) is 3.14. The van der Waals surface area contributed by atoms with Crippen molar-refractivity contribution < 1.29 is 4.79 Å². The fourth-order valence-electron chi connectivity index (χ4n) is 2.01. The van der Waals surface area contributed by atoms with E-state index in [0.717, 1.165) is 5.69 Å². The minimum Gasteiger partial charge on any atom is -0.347 e. The van der Waals surface area contributed by atoms with Crippen molar-refractivity contribution in [3.05, 3.63) is 34.5 Å². The minimum atomic E-state index is -0.201. The zero-order chi connectivity index (χ0) is 17.3. The number of carbonyl (C=O) groups excluding carboxylic acids is 1. The van der Waals surface area contributed by atoms with Gasteiger partial charge < -0.3 is 10.2 Å². The molecular formula is C14H17N7O2S. The van der Waals surface area contributed by atoms with Crippen LogP contribution in [-0.4, -0.2) is 49.3 Å². The number of anilines is 2. The molecule has 3 aromatic heterocycles. The number of hydrogen-bond acceptors (Lipinski definition) is 7. The second-order valence-electron chi connectivity index (χ2n) is 5.38. The van der Waals surface area contributed by atoms with Gasteiger partial charge >= 0.3 is 0 Å². The summed E-state index contributed by atoms with van der Waals surface area (Å²) in [4.78, 5) is 30.1. The number of fused-ring (bicyclic) bond motifs is 1. The molecule has 3 heterocycles. The molecule has 9 nitrogen and oxygen atoms in total. The lowest BCUT2D eigenvalue weighted by Gasteiger charge is -2.09. The molecule has 0 spiro atoms. The Hall–Kier alpha value is -2.75. The van der Waals surface area contributed by atoms with Crippen molar-refractivity contribution in [3.8, 4) is 0 Å². The topological polar surface area (TPSA) is 97.4 Å². The Kier molecular flexibility index (Phi) is 4.30. The van der Waals surface area contributed by atoms with Crippen LogP contribution in [0.5, 0.6) is 0 Å². The number of amides is 1. The summed E-state index contributed by atoms with van der Waals surface area (Å²) in [7, 11) is 3.39. The maximum atomic E-state index is 12.0. The molecule has 0 unspecified atom stereocenters. The SMILES string of the molecule is CCc1cc(=O)n2nc(Nc3cnn(CC(=O)N(C)C)c3)sc2n1. The molecule has 0 atom stereocenters. The molecule has 0 fully saturated rings. The van der Waals surface area contributed by atoms with Crippen LogP contribution < -0.4 is 10.9 Å². The van der Waals surface area contributed by atoms with Gasteiger partial charge in [0.05, 0.1) is 11.9 Å². The fraction of sp³-hybridized carbons (Fsp3) is 0.357. The first-order valence-electron chi connectivity index (χ1n) is 7.35. The maximum Gasteiger partial charge on any atom is 0.275 e. The van der Waals surface area contributed by atoms with E-state index in [9.17, 15) is 9.59 Å². The van der Waals surface area contributed by atoms with Gasteiger partial charge in [-0.3, -0.25) is 14.3 Å². The number of aromatic nitrogens is 5. The van der Waals surface area contributed by atoms with E-state index in [1.54, 1.807) is 26.5 Å². The molecular weight excluding hydrogens is 330 g/mol.